The van der Waals surface area contributed by atoms with Gasteiger partial charge in [-0.15, -0.1) is 0 Å². The summed E-state index contributed by atoms with van der Waals surface area (Å²) in [6.45, 7) is 1.01. The normalized spacial score (nSPS) is 16.6. The third kappa shape index (κ3) is 2.72. The van der Waals surface area contributed by atoms with E-state index in [0.717, 1.165) is 30.5 Å². The van der Waals surface area contributed by atoms with Crippen LogP contribution in [0.4, 0.5) is 0 Å². The zero-order valence-electron chi connectivity index (χ0n) is 12.3. The lowest BCUT2D eigenvalue weighted by atomic mass is 9.84. The summed E-state index contributed by atoms with van der Waals surface area (Å²) in [5.74, 6) is 0.709. The van der Waals surface area contributed by atoms with Crippen molar-refractivity contribution >= 4 is 11.8 Å². The largest absolute Gasteiger partial charge is 0.507 e. The standard InChI is InChI=1S/C19H21NO/c1-20-12-6-11-16-15-8-3-2-7-14(15)13-19(21)18-10-5-4-9-17(16)18/h2-5,7-10,13,16,20-21H,6,11-12H2,1H3/t16-/m0/s1. The quantitative estimate of drug-likeness (QED) is 0.823. The van der Waals surface area contributed by atoms with E-state index in [9.17, 15) is 5.11 Å². The number of hydrogen-bond acceptors (Lipinski definition) is 2. The molecule has 1 aliphatic carbocycles. The van der Waals surface area contributed by atoms with Crippen molar-refractivity contribution in [1.29, 1.82) is 0 Å². The molecule has 0 aliphatic heterocycles. The van der Waals surface area contributed by atoms with E-state index in [1.807, 2.05) is 31.3 Å². The molecule has 0 saturated carbocycles. The highest BCUT2D eigenvalue weighted by Gasteiger charge is 2.23. The second kappa shape index (κ2) is 6.15. The summed E-state index contributed by atoms with van der Waals surface area (Å²) in [6, 6.07) is 16.6. The van der Waals surface area contributed by atoms with E-state index in [0.29, 0.717) is 11.7 Å². The number of aliphatic hydroxyl groups is 1. The summed E-state index contributed by atoms with van der Waals surface area (Å²) < 4.78 is 0. The maximum absolute atomic E-state index is 10.4. The molecule has 2 N–H and O–H groups in total. The minimum atomic E-state index is 0.339. The van der Waals surface area contributed by atoms with Crippen LogP contribution in [-0.2, 0) is 0 Å². The van der Waals surface area contributed by atoms with Crippen LogP contribution in [0.2, 0.25) is 0 Å². The Morgan fingerprint density at radius 3 is 2.52 bits per heavy atom. The van der Waals surface area contributed by atoms with Crippen molar-refractivity contribution in [2.75, 3.05) is 13.6 Å². The summed E-state index contributed by atoms with van der Waals surface area (Å²) in [4.78, 5) is 0. The number of benzene rings is 2. The lowest BCUT2D eigenvalue weighted by Crippen LogP contribution is -2.11. The molecular formula is C19H21NO. The molecule has 2 aromatic rings. The van der Waals surface area contributed by atoms with Crippen LogP contribution >= 0.6 is 0 Å². The number of rotatable bonds is 4. The van der Waals surface area contributed by atoms with E-state index in [2.05, 4.69) is 35.6 Å². The molecule has 1 aliphatic rings. The van der Waals surface area contributed by atoms with E-state index in [4.69, 9.17) is 0 Å². The average molecular weight is 279 g/mol. The van der Waals surface area contributed by atoms with Crippen LogP contribution in [-0.4, -0.2) is 18.7 Å². The fraction of sp³-hybridized carbons (Fsp3) is 0.263. The van der Waals surface area contributed by atoms with Crippen LogP contribution in [0.25, 0.3) is 11.8 Å². The maximum atomic E-state index is 10.4. The Bertz CT molecular complexity index is 660. The van der Waals surface area contributed by atoms with Crippen molar-refractivity contribution in [3.8, 4) is 0 Å². The Morgan fingerprint density at radius 1 is 1.00 bits per heavy atom. The van der Waals surface area contributed by atoms with Gasteiger partial charge in [-0.2, -0.15) is 0 Å². The minimum absolute atomic E-state index is 0.339. The highest BCUT2D eigenvalue weighted by Crippen LogP contribution is 2.39. The van der Waals surface area contributed by atoms with E-state index in [1.54, 1.807) is 0 Å². The van der Waals surface area contributed by atoms with Crippen LogP contribution in [0.5, 0.6) is 0 Å². The van der Waals surface area contributed by atoms with Gasteiger partial charge in [0.25, 0.3) is 0 Å². The van der Waals surface area contributed by atoms with Crippen molar-refractivity contribution in [2.24, 2.45) is 0 Å². The van der Waals surface area contributed by atoms with Crippen LogP contribution in [0, 0.1) is 0 Å². The molecule has 0 radical (unpaired) electrons. The summed E-state index contributed by atoms with van der Waals surface area (Å²) in [5.41, 5.74) is 4.63. The summed E-state index contributed by atoms with van der Waals surface area (Å²) in [5, 5.41) is 13.6. The fourth-order valence-corrected chi connectivity index (χ4v) is 3.18. The zero-order chi connectivity index (χ0) is 14.7. The Labute approximate surface area is 126 Å². The van der Waals surface area contributed by atoms with E-state index in [-0.39, 0.29) is 0 Å². The molecular weight excluding hydrogens is 258 g/mol. The molecule has 2 aromatic carbocycles. The Hall–Kier alpha value is -2.06. The molecule has 0 aromatic heterocycles. The van der Waals surface area contributed by atoms with Gasteiger partial charge in [0, 0.05) is 11.5 Å². The van der Waals surface area contributed by atoms with Gasteiger partial charge in [-0.05, 0) is 49.2 Å². The molecule has 108 valence electrons. The summed E-state index contributed by atoms with van der Waals surface area (Å²) in [6.07, 6.45) is 4.09. The van der Waals surface area contributed by atoms with Crippen LogP contribution in [0.15, 0.2) is 48.5 Å². The number of fused-ring (bicyclic) bond motifs is 2. The van der Waals surface area contributed by atoms with Gasteiger partial charge in [0.05, 0.1) is 0 Å². The predicted molar refractivity (Wildman–Crippen MR) is 88.4 cm³/mol. The summed E-state index contributed by atoms with van der Waals surface area (Å²) in [7, 11) is 1.99. The average Bonchev–Trinajstić information content (AvgIpc) is 2.63. The first-order chi connectivity index (χ1) is 10.3. The predicted octanol–water partition coefficient (Wildman–Crippen LogP) is 4.19. The Kier molecular flexibility index (Phi) is 4.07. The van der Waals surface area contributed by atoms with Gasteiger partial charge in [0.2, 0.25) is 0 Å². The van der Waals surface area contributed by atoms with Crippen molar-refractivity contribution in [3.63, 3.8) is 0 Å². The number of nitrogens with one attached hydrogen (secondary N) is 1. The number of hydrogen-bond donors (Lipinski definition) is 2. The molecule has 0 heterocycles. The first-order valence-corrected chi connectivity index (χ1v) is 7.54. The summed E-state index contributed by atoms with van der Waals surface area (Å²) >= 11 is 0. The van der Waals surface area contributed by atoms with Gasteiger partial charge in [-0.3, -0.25) is 0 Å². The van der Waals surface area contributed by atoms with E-state index in [1.165, 1.54) is 11.1 Å². The van der Waals surface area contributed by atoms with Gasteiger partial charge in [-0.1, -0.05) is 48.5 Å². The third-order valence-corrected chi connectivity index (χ3v) is 4.20. The van der Waals surface area contributed by atoms with Gasteiger partial charge in [0.15, 0.2) is 0 Å². The maximum Gasteiger partial charge on any atom is 0.123 e. The zero-order valence-corrected chi connectivity index (χ0v) is 12.3. The van der Waals surface area contributed by atoms with Gasteiger partial charge < -0.3 is 10.4 Å². The van der Waals surface area contributed by atoms with Gasteiger partial charge in [0.1, 0.15) is 5.76 Å². The molecule has 2 heteroatoms. The first-order valence-electron chi connectivity index (χ1n) is 7.54. The second-order valence-corrected chi connectivity index (χ2v) is 5.54. The van der Waals surface area contributed by atoms with Gasteiger partial charge >= 0.3 is 0 Å². The molecule has 0 amide bonds. The lowest BCUT2D eigenvalue weighted by molar-refractivity contribution is 0.514. The molecule has 0 bridgehead atoms. The highest BCUT2D eigenvalue weighted by atomic mass is 16.3. The molecule has 0 unspecified atom stereocenters. The molecule has 0 spiro atoms. The van der Waals surface area contributed by atoms with Crippen molar-refractivity contribution in [1.82, 2.24) is 5.32 Å². The van der Waals surface area contributed by atoms with E-state index < -0.39 is 0 Å². The van der Waals surface area contributed by atoms with Crippen molar-refractivity contribution < 1.29 is 5.11 Å². The lowest BCUT2D eigenvalue weighted by Gasteiger charge is -2.20. The van der Waals surface area contributed by atoms with Gasteiger partial charge in [-0.25, -0.2) is 0 Å². The van der Waals surface area contributed by atoms with Crippen LogP contribution in [0.1, 0.15) is 41.0 Å². The monoisotopic (exact) mass is 279 g/mol. The van der Waals surface area contributed by atoms with Crippen molar-refractivity contribution in [2.45, 2.75) is 18.8 Å². The first kappa shape index (κ1) is 13.9. The Morgan fingerprint density at radius 2 is 1.71 bits per heavy atom. The molecule has 1 atom stereocenters. The molecule has 2 nitrogen and oxygen atoms in total. The number of aliphatic hydroxyl groups excluding tert-OH is 1. The SMILES string of the molecule is CNCCC[C@H]1c2ccccc2C=C(O)c2ccccc21. The Balaban J connectivity index is 2.09. The second-order valence-electron chi connectivity index (χ2n) is 5.54. The van der Waals surface area contributed by atoms with Crippen LogP contribution in [0.3, 0.4) is 0 Å². The topological polar surface area (TPSA) is 32.3 Å². The smallest absolute Gasteiger partial charge is 0.123 e. The minimum Gasteiger partial charge on any atom is -0.507 e. The van der Waals surface area contributed by atoms with Crippen LogP contribution < -0.4 is 5.32 Å². The fourth-order valence-electron chi connectivity index (χ4n) is 3.18. The molecule has 3 rings (SSSR count). The van der Waals surface area contributed by atoms with Crippen molar-refractivity contribution in [3.05, 3.63) is 70.8 Å². The molecule has 21 heavy (non-hydrogen) atoms. The molecule has 0 fully saturated rings. The van der Waals surface area contributed by atoms with E-state index >= 15 is 0 Å². The molecule has 0 saturated heterocycles. The highest BCUT2D eigenvalue weighted by molar-refractivity contribution is 5.81. The third-order valence-electron chi connectivity index (χ3n) is 4.20.